The van der Waals surface area contributed by atoms with Crippen LogP contribution in [0.4, 0.5) is 0 Å². The van der Waals surface area contributed by atoms with Crippen LogP contribution in [0, 0.1) is 5.92 Å². The van der Waals surface area contributed by atoms with Crippen molar-refractivity contribution in [2.24, 2.45) is 5.92 Å². The van der Waals surface area contributed by atoms with Gasteiger partial charge in [0.2, 0.25) is 0 Å². The molecule has 1 atom stereocenters. The lowest BCUT2D eigenvalue weighted by Gasteiger charge is -2.09. The van der Waals surface area contributed by atoms with Gasteiger partial charge in [-0.25, -0.2) is 0 Å². The predicted molar refractivity (Wildman–Crippen MR) is 59.1 cm³/mol. The summed E-state index contributed by atoms with van der Waals surface area (Å²) in [5.74, 6) is 0.722. The van der Waals surface area contributed by atoms with Gasteiger partial charge in [0.1, 0.15) is 0 Å². The Hall–Kier alpha value is -0.160. The van der Waals surface area contributed by atoms with Crippen LogP contribution in [0.15, 0.2) is 0 Å². The Morgan fingerprint density at radius 1 is 1.33 bits per heavy atom. The maximum absolute atomic E-state index is 5.36. The summed E-state index contributed by atoms with van der Waals surface area (Å²) >= 11 is 0. The molecule has 4 nitrogen and oxygen atoms in total. The summed E-state index contributed by atoms with van der Waals surface area (Å²) in [4.78, 5) is 0. The Kier molecular flexibility index (Phi) is 7.83. The molecule has 0 bridgehead atoms. The first-order chi connectivity index (χ1) is 7.43. The first-order valence-corrected chi connectivity index (χ1v) is 5.78. The van der Waals surface area contributed by atoms with Gasteiger partial charge in [0.05, 0.1) is 19.8 Å². The zero-order valence-electron chi connectivity index (χ0n) is 9.67. The van der Waals surface area contributed by atoms with Gasteiger partial charge >= 0.3 is 0 Å². The van der Waals surface area contributed by atoms with Crippen molar-refractivity contribution in [1.82, 2.24) is 5.32 Å². The van der Waals surface area contributed by atoms with Crippen LogP contribution in [-0.2, 0) is 14.2 Å². The second-order valence-electron chi connectivity index (χ2n) is 3.89. The summed E-state index contributed by atoms with van der Waals surface area (Å²) in [5.41, 5.74) is 0. The van der Waals surface area contributed by atoms with Crippen molar-refractivity contribution in [3.63, 3.8) is 0 Å². The minimum absolute atomic E-state index is 0.687. The number of rotatable bonds is 9. The van der Waals surface area contributed by atoms with E-state index in [9.17, 15) is 0 Å². The van der Waals surface area contributed by atoms with Crippen LogP contribution >= 0.6 is 0 Å². The van der Waals surface area contributed by atoms with E-state index in [0.717, 1.165) is 45.2 Å². The molecule has 1 aliphatic rings. The van der Waals surface area contributed by atoms with E-state index in [-0.39, 0.29) is 0 Å². The van der Waals surface area contributed by atoms with Gasteiger partial charge in [-0.1, -0.05) is 0 Å². The Morgan fingerprint density at radius 2 is 2.27 bits per heavy atom. The van der Waals surface area contributed by atoms with Gasteiger partial charge in [-0.05, 0) is 25.3 Å². The molecule has 0 radical (unpaired) electrons. The lowest BCUT2D eigenvalue weighted by molar-refractivity contribution is 0.0694. The van der Waals surface area contributed by atoms with Crippen molar-refractivity contribution in [2.45, 2.75) is 12.8 Å². The van der Waals surface area contributed by atoms with Crippen molar-refractivity contribution in [1.29, 1.82) is 0 Å². The van der Waals surface area contributed by atoms with Crippen molar-refractivity contribution in [2.75, 3.05) is 53.2 Å². The molecular formula is C11H23NO3. The van der Waals surface area contributed by atoms with Crippen molar-refractivity contribution >= 4 is 0 Å². The highest BCUT2D eigenvalue weighted by molar-refractivity contribution is 4.66. The molecule has 0 aromatic heterocycles. The summed E-state index contributed by atoms with van der Waals surface area (Å²) < 4.78 is 15.5. The zero-order chi connectivity index (χ0) is 10.8. The Labute approximate surface area is 92.3 Å². The van der Waals surface area contributed by atoms with E-state index in [1.165, 1.54) is 6.42 Å². The molecule has 1 unspecified atom stereocenters. The Bertz CT molecular complexity index is 138. The number of nitrogens with one attached hydrogen (secondary N) is 1. The van der Waals surface area contributed by atoms with E-state index in [0.29, 0.717) is 13.2 Å². The SMILES string of the molecule is COCCOCCCNCC1CCOC1. The Balaban J connectivity index is 1.73. The third-order valence-corrected chi connectivity index (χ3v) is 2.53. The summed E-state index contributed by atoms with van der Waals surface area (Å²) in [7, 11) is 1.69. The second-order valence-corrected chi connectivity index (χ2v) is 3.89. The highest BCUT2D eigenvalue weighted by atomic mass is 16.5. The van der Waals surface area contributed by atoms with Crippen molar-refractivity contribution in [3.8, 4) is 0 Å². The summed E-state index contributed by atoms with van der Waals surface area (Å²) in [6.45, 7) is 6.18. The third kappa shape index (κ3) is 6.84. The molecule has 0 saturated carbocycles. The second kappa shape index (κ2) is 9.09. The first-order valence-electron chi connectivity index (χ1n) is 5.78. The molecule has 0 aromatic carbocycles. The van der Waals surface area contributed by atoms with Crippen LogP contribution in [0.3, 0.4) is 0 Å². The molecule has 1 aliphatic heterocycles. The minimum atomic E-state index is 0.687. The topological polar surface area (TPSA) is 39.7 Å². The molecule has 1 rings (SSSR count). The van der Waals surface area contributed by atoms with Crippen LogP contribution in [0.2, 0.25) is 0 Å². The van der Waals surface area contributed by atoms with E-state index in [2.05, 4.69) is 5.32 Å². The van der Waals surface area contributed by atoms with Gasteiger partial charge in [0.25, 0.3) is 0 Å². The molecule has 0 amide bonds. The third-order valence-electron chi connectivity index (χ3n) is 2.53. The van der Waals surface area contributed by atoms with Crippen molar-refractivity contribution in [3.05, 3.63) is 0 Å². The van der Waals surface area contributed by atoms with E-state index in [1.54, 1.807) is 7.11 Å². The highest BCUT2D eigenvalue weighted by Crippen LogP contribution is 2.10. The fourth-order valence-electron chi connectivity index (χ4n) is 1.59. The average molecular weight is 217 g/mol. The number of ether oxygens (including phenoxy) is 3. The molecular weight excluding hydrogens is 194 g/mol. The summed E-state index contributed by atoms with van der Waals surface area (Å²) in [5, 5.41) is 3.43. The standard InChI is InChI=1S/C11H23NO3/c1-13-7-8-14-5-2-4-12-9-11-3-6-15-10-11/h11-12H,2-10H2,1H3. The molecule has 1 heterocycles. The van der Waals surface area contributed by atoms with E-state index < -0.39 is 0 Å². The molecule has 1 N–H and O–H groups in total. The zero-order valence-corrected chi connectivity index (χ0v) is 9.67. The van der Waals surface area contributed by atoms with Crippen molar-refractivity contribution < 1.29 is 14.2 Å². The quantitative estimate of drug-likeness (QED) is 0.576. The molecule has 1 saturated heterocycles. The Morgan fingerprint density at radius 3 is 3.00 bits per heavy atom. The number of hydrogen-bond acceptors (Lipinski definition) is 4. The molecule has 15 heavy (non-hydrogen) atoms. The summed E-state index contributed by atoms with van der Waals surface area (Å²) in [6.07, 6.45) is 2.27. The lowest BCUT2D eigenvalue weighted by atomic mass is 10.1. The molecule has 1 fully saturated rings. The van der Waals surface area contributed by atoms with E-state index in [4.69, 9.17) is 14.2 Å². The van der Waals surface area contributed by atoms with Gasteiger partial charge in [-0.15, -0.1) is 0 Å². The molecule has 0 aromatic rings. The number of hydrogen-bond donors (Lipinski definition) is 1. The van der Waals surface area contributed by atoms with E-state index in [1.807, 2.05) is 0 Å². The molecule has 4 heteroatoms. The maximum Gasteiger partial charge on any atom is 0.0700 e. The van der Waals surface area contributed by atoms with Gasteiger partial charge < -0.3 is 19.5 Å². The monoisotopic (exact) mass is 217 g/mol. The lowest BCUT2D eigenvalue weighted by Crippen LogP contribution is -2.24. The number of methoxy groups -OCH3 is 1. The smallest absolute Gasteiger partial charge is 0.0700 e. The fourth-order valence-corrected chi connectivity index (χ4v) is 1.59. The minimum Gasteiger partial charge on any atom is -0.382 e. The fraction of sp³-hybridized carbons (Fsp3) is 1.00. The molecule has 90 valence electrons. The maximum atomic E-state index is 5.36. The van der Waals surface area contributed by atoms with Gasteiger partial charge in [0, 0.05) is 26.9 Å². The van der Waals surface area contributed by atoms with Gasteiger partial charge in [-0.2, -0.15) is 0 Å². The molecule has 0 spiro atoms. The van der Waals surface area contributed by atoms with Crippen LogP contribution in [-0.4, -0.2) is 53.2 Å². The van der Waals surface area contributed by atoms with Crippen LogP contribution in [0.25, 0.3) is 0 Å². The van der Waals surface area contributed by atoms with Crippen LogP contribution in [0.1, 0.15) is 12.8 Å². The largest absolute Gasteiger partial charge is 0.382 e. The van der Waals surface area contributed by atoms with Gasteiger partial charge in [-0.3, -0.25) is 0 Å². The van der Waals surface area contributed by atoms with Gasteiger partial charge in [0.15, 0.2) is 0 Å². The first kappa shape index (κ1) is 12.9. The summed E-state index contributed by atoms with van der Waals surface area (Å²) in [6, 6.07) is 0. The predicted octanol–water partition coefficient (Wildman–Crippen LogP) is 0.666. The van der Waals surface area contributed by atoms with E-state index >= 15 is 0 Å². The normalized spacial score (nSPS) is 21.0. The molecule has 0 aliphatic carbocycles. The highest BCUT2D eigenvalue weighted by Gasteiger charge is 2.14. The van der Waals surface area contributed by atoms with Crippen LogP contribution < -0.4 is 5.32 Å². The van der Waals surface area contributed by atoms with Crippen LogP contribution in [0.5, 0.6) is 0 Å². The average Bonchev–Trinajstić information content (AvgIpc) is 2.75.